The van der Waals surface area contributed by atoms with Crippen molar-refractivity contribution in [3.05, 3.63) is 53.6 Å². The van der Waals surface area contributed by atoms with Crippen molar-refractivity contribution in [3.8, 4) is 17.2 Å². The Hall–Kier alpha value is -2.20. The number of methoxy groups -OCH3 is 1. The predicted molar refractivity (Wildman–Crippen MR) is 82.7 cm³/mol. The Morgan fingerprint density at radius 2 is 1.57 bits per heavy atom. The van der Waals surface area contributed by atoms with Gasteiger partial charge in [-0.1, -0.05) is 18.2 Å². The molecular formula is C17H21NO3. The fourth-order valence-corrected chi connectivity index (χ4v) is 2.45. The summed E-state index contributed by atoms with van der Waals surface area (Å²) in [5, 5.41) is 23.2. The van der Waals surface area contributed by atoms with E-state index in [0.29, 0.717) is 5.56 Å². The van der Waals surface area contributed by atoms with E-state index in [1.807, 2.05) is 38.1 Å². The van der Waals surface area contributed by atoms with Gasteiger partial charge in [0.2, 0.25) is 0 Å². The number of nitrogens with one attached hydrogen (secondary N) is 1. The normalized spacial score (nSPS) is 13.7. The molecule has 2 aromatic carbocycles. The number of aromatic hydroxyl groups is 2. The highest BCUT2D eigenvalue weighted by molar-refractivity contribution is 5.45. The highest BCUT2D eigenvalue weighted by atomic mass is 16.5. The highest BCUT2D eigenvalue weighted by Gasteiger charge is 2.17. The van der Waals surface area contributed by atoms with Crippen LogP contribution in [0.25, 0.3) is 0 Å². The molecule has 0 bridgehead atoms. The summed E-state index contributed by atoms with van der Waals surface area (Å²) >= 11 is 0. The third kappa shape index (κ3) is 3.47. The summed E-state index contributed by atoms with van der Waals surface area (Å²) in [5.74, 6) is 0.986. The number of phenols is 2. The summed E-state index contributed by atoms with van der Waals surface area (Å²) in [6.45, 7) is 3.94. The van der Waals surface area contributed by atoms with E-state index >= 15 is 0 Å². The van der Waals surface area contributed by atoms with Crippen molar-refractivity contribution in [2.75, 3.05) is 7.11 Å². The molecule has 112 valence electrons. The first kappa shape index (κ1) is 15.2. The van der Waals surface area contributed by atoms with Crippen LogP contribution < -0.4 is 10.1 Å². The molecule has 0 saturated heterocycles. The van der Waals surface area contributed by atoms with Gasteiger partial charge in [0.25, 0.3) is 0 Å². The smallest absolute Gasteiger partial charge is 0.124 e. The fourth-order valence-electron chi connectivity index (χ4n) is 2.45. The van der Waals surface area contributed by atoms with E-state index in [0.717, 1.165) is 11.3 Å². The Morgan fingerprint density at radius 1 is 0.952 bits per heavy atom. The van der Waals surface area contributed by atoms with Crippen molar-refractivity contribution in [3.63, 3.8) is 0 Å². The number of ether oxygens (including phenoxy) is 1. The van der Waals surface area contributed by atoms with Crippen LogP contribution in [0.2, 0.25) is 0 Å². The molecule has 1 unspecified atom stereocenters. The zero-order valence-corrected chi connectivity index (χ0v) is 12.5. The number of phenolic OH excluding ortho intramolecular Hbond substituents is 2. The maximum atomic E-state index is 9.91. The van der Waals surface area contributed by atoms with Gasteiger partial charge in [-0.3, -0.25) is 0 Å². The third-order valence-electron chi connectivity index (χ3n) is 3.59. The molecular weight excluding hydrogens is 266 g/mol. The predicted octanol–water partition coefficient (Wildman–Crippen LogP) is 3.52. The molecule has 2 atom stereocenters. The molecule has 4 heteroatoms. The minimum atomic E-state index is -0.188. The summed E-state index contributed by atoms with van der Waals surface area (Å²) in [7, 11) is 1.64. The average Bonchev–Trinajstić information content (AvgIpc) is 2.47. The van der Waals surface area contributed by atoms with Crippen LogP contribution in [0.5, 0.6) is 17.2 Å². The molecule has 0 saturated carbocycles. The van der Waals surface area contributed by atoms with E-state index in [1.165, 1.54) is 0 Å². The average molecular weight is 287 g/mol. The molecule has 0 aliphatic rings. The van der Waals surface area contributed by atoms with Crippen LogP contribution >= 0.6 is 0 Å². The van der Waals surface area contributed by atoms with Crippen LogP contribution in [0.15, 0.2) is 42.5 Å². The maximum absolute atomic E-state index is 9.91. The molecule has 2 rings (SSSR count). The minimum Gasteiger partial charge on any atom is -0.507 e. The molecule has 21 heavy (non-hydrogen) atoms. The van der Waals surface area contributed by atoms with Gasteiger partial charge >= 0.3 is 0 Å². The van der Waals surface area contributed by atoms with Crippen molar-refractivity contribution < 1.29 is 14.9 Å². The third-order valence-corrected chi connectivity index (χ3v) is 3.59. The zero-order chi connectivity index (χ0) is 15.4. The lowest BCUT2D eigenvalue weighted by atomic mass is 10.0. The SMILES string of the molecule is COc1cccc([C@H](C)NC(C)c2c(O)cccc2O)c1. The lowest BCUT2D eigenvalue weighted by Gasteiger charge is -2.22. The van der Waals surface area contributed by atoms with E-state index in [9.17, 15) is 10.2 Å². The van der Waals surface area contributed by atoms with Crippen LogP contribution in [-0.2, 0) is 0 Å². The Morgan fingerprint density at radius 3 is 2.19 bits per heavy atom. The fraction of sp³-hybridized carbons (Fsp3) is 0.294. The second kappa shape index (κ2) is 6.50. The molecule has 0 radical (unpaired) electrons. The van der Waals surface area contributed by atoms with Crippen LogP contribution in [0.1, 0.15) is 37.1 Å². The van der Waals surface area contributed by atoms with Crippen LogP contribution in [-0.4, -0.2) is 17.3 Å². The van der Waals surface area contributed by atoms with E-state index in [2.05, 4.69) is 5.32 Å². The van der Waals surface area contributed by atoms with Gasteiger partial charge in [0.1, 0.15) is 17.2 Å². The van der Waals surface area contributed by atoms with E-state index < -0.39 is 0 Å². The number of hydrogen-bond donors (Lipinski definition) is 3. The van der Waals surface area contributed by atoms with Gasteiger partial charge in [-0.15, -0.1) is 0 Å². The summed E-state index contributed by atoms with van der Waals surface area (Å²) in [6, 6.07) is 12.4. The molecule has 0 spiro atoms. The van der Waals surface area contributed by atoms with Gasteiger partial charge in [-0.05, 0) is 43.7 Å². The summed E-state index contributed by atoms with van der Waals surface area (Å²) < 4.78 is 5.23. The van der Waals surface area contributed by atoms with Gasteiger partial charge in [0.05, 0.1) is 12.7 Å². The van der Waals surface area contributed by atoms with E-state index in [-0.39, 0.29) is 23.6 Å². The first-order valence-electron chi connectivity index (χ1n) is 6.93. The first-order chi connectivity index (χ1) is 10.0. The van der Waals surface area contributed by atoms with E-state index in [1.54, 1.807) is 25.3 Å². The lowest BCUT2D eigenvalue weighted by Crippen LogP contribution is -2.22. The molecule has 0 heterocycles. The summed E-state index contributed by atoms with van der Waals surface area (Å²) in [5.41, 5.74) is 1.59. The van der Waals surface area contributed by atoms with Crippen molar-refractivity contribution >= 4 is 0 Å². The number of rotatable bonds is 5. The Balaban J connectivity index is 2.16. The molecule has 0 aliphatic heterocycles. The van der Waals surface area contributed by atoms with Gasteiger partial charge in [-0.2, -0.15) is 0 Å². The summed E-state index contributed by atoms with van der Waals surface area (Å²) in [6.07, 6.45) is 0. The van der Waals surface area contributed by atoms with Crippen molar-refractivity contribution in [2.24, 2.45) is 0 Å². The Bertz CT molecular complexity index is 592. The molecule has 0 fully saturated rings. The van der Waals surface area contributed by atoms with Crippen LogP contribution in [0.4, 0.5) is 0 Å². The van der Waals surface area contributed by atoms with E-state index in [4.69, 9.17) is 4.74 Å². The molecule has 3 N–H and O–H groups in total. The van der Waals surface area contributed by atoms with Gasteiger partial charge in [-0.25, -0.2) is 0 Å². The molecule has 2 aromatic rings. The van der Waals surface area contributed by atoms with Crippen molar-refractivity contribution in [1.82, 2.24) is 5.32 Å². The Labute approximate surface area is 125 Å². The zero-order valence-electron chi connectivity index (χ0n) is 12.5. The minimum absolute atomic E-state index is 0.0501. The summed E-state index contributed by atoms with van der Waals surface area (Å²) in [4.78, 5) is 0. The quantitative estimate of drug-likeness (QED) is 0.787. The van der Waals surface area contributed by atoms with Crippen molar-refractivity contribution in [1.29, 1.82) is 0 Å². The monoisotopic (exact) mass is 287 g/mol. The maximum Gasteiger partial charge on any atom is 0.124 e. The van der Waals surface area contributed by atoms with Crippen LogP contribution in [0, 0.1) is 0 Å². The molecule has 0 aliphatic carbocycles. The molecule has 0 aromatic heterocycles. The highest BCUT2D eigenvalue weighted by Crippen LogP contribution is 2.33. The van der Waals surface area contributed by atoms with Crippen LogP contribution in [0.3, 0.4) is 0 Å². The van der Waals surface area contributed by atoms with Gasteiger partial charge in [0, 0.05) is 12.1 Å². The standard InChI is InChI=1S/C17H21NO3/c1-11(13-6-4-7-14(10-13)21-3)18-12(2)17-15(19)8-5-9-16(17)20/h4-12,18-20H,1-3H3/t11-,12?/m0/s1. The second-order valence-corrected chi connectivity index (χ2v) is 5.10. The van der Waals surface area contributed by atoms with Gasteiger partial charge < -0.3 is 20.3 Å². The molecule has 0 amide bonds. The second-order valence-electron chi connectivity index (χ2n) is 5.10. The van der Waals surface area contributed by atoms with Crippen molar-refractivity contribution in [2.45, 2.75) is 25.9 Å². The molecule has 4 nitrogen and oxygen atoms in total. The lowest BCUT2D eigenvalue weighted by molar-refractivity contribution is 0.403. The topological polar surface area (TPSA) is 61.7 Å². The number of hydrogen-bond acceptors (Lipinski definition) is 4. The largest absolute Gasteiger partial charge is 0.507 e. The van der Waals surface area contributed by atoms with Gasteiger partial charge in [0.15, 0.2) is 0 Å². The first-order valence-corrected chi connectivity index (χ1v) is 6.93. The Kier molecular flexibility index (Phi) is 4.70. The number of benzene rings is 2.